The Kier molecular flexibility index (Phi) is 4.21. The Hall–Kier alpha value is -1.99. The number of hydrogen-bond acceptors (Lipinski definition) is 3. The first-order valence-electron chi connectivity index (χ1n) is 5.52. The van der Waals surface area contributed by atoms with Gasteiger partial charge < -0.3 is 0 Å². The Morgan fingerprint density at radius 1 is 1.11 bits per heavy atom. The van der Waals surface area contributed by atoms with Crippen molar-refractivity contribution in [3.8, 4) is 6.07 Å². The fourth-order valence-electron chi connectivity index (χ4n) is 1.64. The molecule has 3 nitrogen and oxygen atoms in total. The lowest BCUT2D eigenvalue weighted by molar-refractivity contribution is 0.682. The Balaban J connectivity index is 2.06. The van der Waals surface area contributed by atoms with E-state index in [1.54, 1.807) is 18.3 Å². The molecule has 1 unspecified atom stereocenters. The molecule has 0 amide bonds. The van der Waals surface area contributed by atoms with Gasteiger partial charge in [-0.2, -0.15) is 5.26 Å². The van der Waals surface area contributed by atoms with Crippen molar-refractivity contribution in [1.29, 1.82) is 5.26 Å². The molecule has 2 aromatic rings. The molecule has 0 aliphatic heterocycles. The van der Waals surface area contributed by atoms with Gasteiger partial charge in [-0.05, 0) is 11.6 Å². The quantitative estimate of drug-likeness (QED) is 0.844. The van der Waals surface area contributed by atoms with E-state index in [2.05, 4.69) is 4.98 Å². The van der Waals surface area contributed by atoms with Crippen molar-refractivity contribution in [3.63, 3.8) is 0 Å². The van der Waals surface area contributed by atoms with E-state index in [1.165, 1.54) is 0 Å². The summed E-state index contributed by atoms with van der Waals surface area (Å²) < 4.78 is 12.0. The topological polar surface area (TPSA) is 53.8 Å². The van der Waals surface area contributed by atoms with Crippen molar-refractivity contribution in [3.05, 3.63) is 65.5 Å². The summed E-state index contributed by atoms with van der Waals surface area (Å²) in [6.07, 6.45) is 1.57. The maximum absolute atomic E-state index is 12.0. The molecule has 0 bridgehead atoms. The molecule has 2 rings (SSSR count). The zero-order chi connectivity index (χ0) is 12.8. The SMILES string of the molecule is N#Cc1ncccc1CS(=O)Cc1ccccc1. The maximum Gasteiger partial charge on any atom is 0.144 e. The predicted octanol–water partition coefficient (Wildman–Crippen LogP) is 2.40. The molecule has 0 aliphatic rings. The van der Waals surface area contributed by atoms with Crippen LogP contribution in [0.5, 0.6) is 0 Å². The highest BCUT2D eigenvalue weighted by Gasteiger charge is 2.07. The molecular weight excluding hydrogens is 244 g/mol. The fraction of sp³-hybridized carbons (Fsp3) is 0.143. The lowest BCUT2D eigenvalue weighted by Gasteiger charge is -2.04. The molecule has 18 heavy (non-hydrogen) atoms. The molecule has 0 saturated heterocycles. The van der Waals surface area contributed by atoms with Gasteiger partial charge in [-0.15, -0.1) is 0 Å². The van der Waals surface area contributed by atoms with Gasteiger partial charge in [0.2, 0.25) is 0 Å². The molecule has 0 fully saturated rings. The van der Waals surface area contributed by atoms with E-state index in [0.29, 0.717) is 17.2 Å². The van der Waals surface area contributed by atoms with Crippen LogP contribution in [0.1, 0.15) is 16.8 Å². The lowest BCUT2D eigenvalue weighted by Crippen LogP contribution is -2.02. The van der Waals surface area contributed by atoms with Crippen LogP contribution in [0.3, 0.4) is 0 Å². The minimum Gasteiger partial charge on any atom is -0.259 e. The van der Waals surface area contributed by atoms with Crippen LogP contribution in [0.4, 0.5) is 0 Å². The fourth-order valence-corrected chi connectivity index (χ4v) is 2.89. The van der Waals surface area contributed by atoms with Crippen molar-refractivity contribution in [2.45, 2.75) is 11.5 Å². The van der Waals surface area contributed by atoms with Crippen LogP contribution in [0.15, 0.2) is 48.7 Å². The second-order valence-corrected chi connectivity index (χ2v) is 5.29. The maximum atomic E-state index is 12.0. The van der Waals surface area contributed by atoms with Gasteiger partial charge >= 0.3 is 0 Å². The zero-order valence-corrected chi connectivity index (χ0v) is 10.6. The van der Waals surface area contributed by atoms with Crippen molar-refractivity contribution < 1.29 is 4.21 Å². The molecule has 1 aromatic carbocycles. The van der Waals surface area contributed by atoms with Crippen LogP contribution < -0.4 is 0 Å². The molecule has 0 N–H and O–H groups in total. The minimum absolute atomic E-state index is 0.360. The summed E-state index contributed by atoms with van der Waals surface area (Å²) in [5, 5.41) is 8.91. The third-order valence-electron chi connectivity index (χ3n) is 2.48. The average molecular weight is 256 g/mol. The van der Waals surface area contributed by atoms with Gasteiger partial charge in [-0.1, -0.05) is 36.4 Å². The van der Waals surface area contributed by atoms with Crippen LogP contribution in [-0.4, -0.2) is 9.19 Å². The second-order valence-electron chi connectivity index (χ2n) is 3.84. The van der Waals surface area contributed by atoms with Crippen LogP contribution >= 0.6 is 0 Å². The molecule has 1 atom stereocenters. The van der Waals surface area contributed by atoms with Gasteiger partial charge in [-0.3, -0.25) is 4.21 Å². The Morgan fingerprint density at radius 3 is 2.61 bits per heavy atom. The number of nitrogens with zero attached hydrogens (tertiary/aromatic N) is 2. The van der Waals surface area contributed by atoms with Gasteiger partial charge in [0, 0.05) is 28.3 Å². The number of nitriles is 1. The van der Waals surface area contributed by atoms with Gasteiger partial charge in [0.15, 0.2) is 0 Å². The smallest absolute Gasteiger partial charge is 0.144 e. The molecule has 0 spiro atoms. The van der Waals surface area contributed by atoms with E-state index in [0.717, 1.165) is 11.1 Å². The van der Waals surface area contributed by atoms with Gasteiger partial charge in [0.25, 0.3) is 0 Å². The van der Waals surface area contributed by atoms with Crippen molar-refractivity contribution in [2.75, 3.05) is 0 Å². The number of rotatable bonds is 4. The summed E-state index contributed by atoms with van der Waals surface area (Å²) in [7, 11) is -1.02. The first kappa shape index (κ1) is 12.5. The normalized spacial score (nSPS) is 11.7. The van der Waals surface area contributed by atoms with Crippen LogP contribution in [-0.2, 0) is 22.3 Å². The minimum atomic E-state index is -1.02. The van der Waals surface area contributed by atoms with E-state index in [-0.39, 0.29) is 0 Å². The van der Waals surface area contributed by atoms with E-state index < -0.39 is 10.8 Å². The van der Waals surface area contributed by atoms with Crippen LogP contribution in [0.25, 0.3) is 0 Å². The number of benzene rings is 1. The molecule has 1 aromatic heterocycles. The first-order chi connectivity index (χ1) is 8.79. The Labute approximate surface area is 109 Å². The van der Waals surface area contributed by atoms with Crippen LogP contribution in [0, 0.1) is 11.3 Å². The predicted molar refractivity (Wildman–Crippen MR) is 70.9 cm³/mol. The van der Waals surface area contributed by atoms with E-state index in [1.807, 2.05) is 36.4 Å². The summed E-state index contributed by atoms with van der Waals surface area (Å²) in [5.74, 6) is 0.867. The largest absolute Gasteiger partial charge is 0.259 e. The molecule has 4 heteroatoms. The van der Waals surface area contributed by atoms with Crippen LogP contribution in [0.2, 0.25) is 0 Å². The first-order valence-corrected chi connectivity index (χ1v) is 7.01. The summed E-state index contributed by atoms with van der Waals surface area (Å²) in [6.45, 7) is 0. The number of pyridine rings is 1. The standard InChI is InChI=1S/C14H12N2OS/c15-9-14-13(7-4-8-16-14)11-18(17)10-12-5-2-1-3-6-12/h1-8H,10-11H2. The average Bonchev–Trinajstić information content (AvgIpc) is 2.40. The lowest BCUT2D eigenvalue weighted by atomic mass is 10.2. The third kappa shape index (κ3) is 3.25. The third-order valence-corrected chi connectivity index (χ3v) is 3.77. The summed E-state index contributed by atoms with van der Waals surface area (Å²) in [5.41, 5.74) is 2.14. The molecule has 0 radical (unpaired) electrons. The van der Waals surface area contributed by atoms with Gasteiger partial charge in [-0.25, -0.2) is 4.98 Å². The van der Waals surface area contributed by atoms with E-state index in [9.17, 15) is 4.21 Å². The zero-order valence-electron chi connectivity index (χ0n) is 9.74. The van der Waals surface area contributed by atoms with Crippen molar-refractivity contribution in [1.82, 2.24) is 4.98 Å². The summed E-state index contributed by atoms with van der Waals surface area (Å²) >= 11 is 0. The van der Waals surface area contributed by atoms with Gasteiger partial charge in [0.1, 0.15) is 11.8 Å². The molecule has 0 saturated carbocycles. The molecule has 90 valence electrons. The highest BCUT2D eigenvalue weighted by Crippen LogP contribution is 2.11. The Bertz CT molecular complexity index is 590. The van der Waals surface area contributed by atoms with E-state index in [4.69, 9.17) is 5.26 Å². The monoisotopic (exact) mass is 256 g/mol. The van der Waals surface area contributed by atoms with E-state index >= 15 is 0 Å². The van der Waals surface area contributed by atoms with Crippen molar-refractivity contribution in [2.24, 2.45) is 0 Å². The summed E-state index contributed by atoms with van der Waals surface area (Å²) in [6, 6.07) is 15.3. The molecule has 0 aliphatic carbocycles. The summed E-state index contributed by atoms with van der Waals surface area (Å²) in [4.78, 5) is 3.96. The number of aromatic nitrogens is 1. The van der Waals surface area contributed by atoms with Crippen molar-refractivity contribution >= 4 is 10.8 Å². The Morgan fingerprint density at radius 2 is 1.89 bits per heavy atom. The highest BCUT2D eigenvalue weighted by atomic mass is 32.2. The molecular formula is C14H12N2OS. The second kappa shape index (κ2) is 6.08. The number of hydrogen-bond donors (Lipinski definition) is 0. The molecule has 1 heterocycles. The highest BCUT2D eigenvalue weighted by molar-refractivity contribution is 7.83. The van der Waals surface area contributed by atoms with Gasteiger partial charge in [0.05, 0.1) is 5.75 Å².